The fourth-order valence-electron chi connectivity index (χ4n) is 3.86. The standard InChI is InChI=1S/C22H26N2O5/c1-26-17-9-16(10-18(12-17)27-2)22(25)23-13-19(24-7-3-4-8-24)15-5-6-20-21(11-15)29-14-28-20/h5-6,9-12,19H,3-4,7-8,13-14H2,1-2H3,(H,23,25)/t19-/m0/s1. The van der Waals surface area contributed by atoms with Crippen molar-refractivity contribution in [3.63, 3.8) is 0 Å². The van der Waals surface area contributed by atoms with E-state index >= 15 is 0 Å². The van der Waals surface area contributed by atoms with E-state index in [1.54, 1.807) is 32.4 Å². The zero-order chi connectivity index (χ0) is 20.2. The summed E-state index contributed by atoms with van der Waals surface area (Å²) in [4.78, 5) is 15.2. The van der Waals surface area contributed by atoms with Gasteiger partial charge in [0.25, 0.3) is 5.91 Å². The van der Waals surface area contributed by atoms with Crippen molar-refractivity contribution in [2.45, 2.75) is 18.9 Å². The molecule has 1 fully saturated rings. The van der Waals surface area contributed by atoms with Gasteiger partial charge in [-0.1, -0.05) is 6.07 Å². The third-order valence-corrected chi connectivity index (χ3v) is 5.43. The molecule has 2 aliphatic heterocycles. The van der Waals surface area contributed by atoms with Gasteiger partial charge in [0.05, 0.1) is 20.3 Å². The monoisotopic (exact) mass is 398 g/mol. The van der Waals surface area contributed by atoms with Gasteiger partial charge in [0.2, 0.25) is 6.79 Å². The Kier molecular flexibility index (Phi) is 5.76. The Bertz CT molecular complexity index is 857. The maximum atomic E-state index is 12.8. The Hall–Kier alpha value is -2.93. The number of ether oxygens (including phenoxy) is 4. The molecule has 0 saturated carbocycles. The molecule has 0 radical (unpaired) electrons. The van der Waals surface area contributed by atoms with Gasteiger partial charge in [0.1, 0.15) is 11.5 Å². The number of carbonyl (C=O) groups excluding carboxylic acids is 1. The summed E-state index contributed by atoms with van der Waals surface area (Å²) in [5.41, 5.74) is 1.62. The van der Waals surface area contributed by atoms with Gasteiger partial charge in [0, 0.05) is 18.2 Å². The highest BCUT2D eigenvalue weighted by Crippen LogP contribution is 2.36. The molecule has 0 unspecified atom stereocenters. The molecule has 2 aliphatic rings. The normalized spacial score (nSPS) is 16.5. The number of hydrogen-bond acceptors (Lipinski definition) is 6. The Balaban J connectivity index is 1.52. The van der Waals surface area contributed by atoms with E-state index in [0.29, 0.717) is 23.6 Å². The van der Waals surface area contributed by atoms with Crippen LogP contribution in [0.25, 0.3) is 0 Å². The van der Waals surface area contributed by atoms with Crippen molar-refractivity contribution in [1.29, 1.82) is 0 Å². The van der Waals surface area contributed by atoms with Gasteiger partial charge in [0.15, 0.2) is 11.5 Å². The molecule has 29 heavy (non-hydrogen) atoms. The molecule has 1 amide bonds. The molecule has 0 aromatic heterocycles. The summed E-state index contributed by atoms with van der Waals surface area (Å²) in [7, 11) is 3.14. The number of nitrogens with zero attached hydrogens (tertiary/aromatic N) is 1. The van der Waals surface area contributed by atoms with Gasteiger partial charge >= 0.3 is 0 Å². The second-order valence-electron chi connectivity index (χ2n) is 7.18. The summed E-state index contributed by atoms with van der Waals surface area (Å²) in [6.45, 7) is 2.78. The molecule has 2 aromatic rings. The van der Waals surface area contributed by atoms with Gasteiger partial charge in [-0.25, -0.2) is 0 Å². The van der Waals surface area contributed by atoms with E-state index in [0.717, 1.165) is 30.2 Å². The van der Waals surface area contributed by atoms with Gasteiger partial charge in [-0.3, -0.25) is 9.69 Å². The van der Waals surface area contributed by atoms with Crippen LogP contribution in [0.1, 0.15) is 34.8 Å². The first-order valence-electron chi connectivity index (χ1n) is 9.83. The van der Waals surface area contributed by atoms with E-state index in [1.165, 1.54) is 12.8 Å². The largest absolute Gasteiger partial charge is 0.497 e. The van der Waals surface area contributed by atoms with Gasteiger partial charge in [-0.2, -0.15) is 0 Å². The third kappa shape index (κ3) is 4.24. The van der Waals surface area contributed by atoms with E-state index in [-0.39, 0.29) is 18.7 Å². The van der Waals surface area contributed by atoms with Gasteiger partial charge in [-0.15, -0.1) is 0 Å². The number of nitrogens with one attached hydrogen (secondary N) is 1. The van der Waals surface area contributed by atoms with E-state index < -0.39 is 0 Å². The van der Waals surface area contributed by atoms with Crippen LogP contribution in [0.2, 0.25) is 0 Å². The fourth-order valence-corrected chi connectivity index (χ4v) is 3.86. The molecule has 0 spiro atoms. The molecule has 7 heteroatoms. The van der Waals surface area contributed by atoms with Crippen LogP contribution in [0, 0.1) is 0 Å². The average Bonchev–Trinajstić information content (AvgIpc) is 3.45. The predicted octanol–water partition coefficient (Wildman–Crippen LogP) is 3.00. The lowest BCUT2D eigenvalue weighted by atomic mass is 10.0. The number of carbonyl (C=O) groups is 1. The molecule has 1 N–H and O–H groups in total. The summed E-state index contributed by atoms with van der Waals surface area (Å²) in [6, 6.07) is 11.3. The summed E-state index contributed by atoms with van der Waals surface area (Å²) in [5.74, 6) is 2.53. The lowest BCUT2D eigenvalue weighted by Gasteiger charge is -2.28. The first-order chi connectivity index (χ1) is 14.2. The van der Waals surface area contributed by atoms with Crippen LogP contribution < -0.4 is 24.3 Å². The second-order valence-corrected chi connectivity index (χ2v) is 7.18. The molecule has 2 aromatic carbocycles. The van der Waals surface area contributed by atoms with Crippen molar-refractivity contribution >= 4 is 5.91 Å². The summed E-state index contributed by atoms with van der Waals surface area (Å²) in [5, 5.41) is 3.08. The lowest BCUT2D eigenvalue weighted by Crippen LogP contribution is -2.36. The summed E-state index contributed by atoms with van der Waals surface area (Å²) >= 11 is 0. The lowest BCUT2D eigenvalue weighted by molar-refractivity contribution is 0.0937. The highest BCUT2D eigenvalue weighted by molar-refractivity contribution is 5.95. The molecule has 7 nitrogen and oxygen atoms in total. The summed E-state index contributed by atoms with van der Waals surface area (Å²) in [6.07, 6.45) is 2.34. The first-order valence-corrected chi connectivity index (χ1v) is 9.83. The molecule has 2 heterocycles. The number of methoxy groups -OCH3 is 2. The Morgan fingerprint density at radius 2 is 1.72 bits per heavy atom. The smallest absolute Gasteiger partial charge is 0.251 e. The van der Waals surface area contributed by atoms with Gasteiger partial charge < -0.3 is 24.3 Å². The number of hydrogen-bond donors (Lipinski definition) is 1. The zero-order valence-electron chi connectivity index (χ0n) is 16.8. The molecular formula is C22H26N2O5. The van der Waals surface area contributed by atoms with Crippen molar-refractivity contribution < 1.29 is 23.7 Å². The van der Waals surface area contributed by atoms with Gasteiger partial charge in [-0.05, 0) is 55.8 Å². The minimum absolute atomic E-state index is 0.0726. The third-order valence-electron chi connectivity index (χ3n) is 5.43. The predicted molar refractivity (Wildman–Crippen MR) is 108 cm³/mol. The van der Waals surface area contributed by atoms with Crippen LogP contribution in [0.5, 0.6) is 23.0 Å². The van der Waals surface area contributed by atoms with Crippen molar-refractivity contribution in [2.24, 2.45) is 0 Å². The maximum Gasteiger partial charge on any atom is 0.251 e. The second kappa shape index (κ2) is 8.61. The van der Waals surface area contributed by atoms with Crippen LogP contribution in [0.15, 0.2) is 36.4 Å². The highest BCUT2D eigenvalue weighted by atomic mass is 16.7. The quantitative estimate of drug-likeness (QED) is 0.773. The molecule has 154 valence electrons. The van der Waals surface area contributed by atoms with Crippen molar-refractivity contribution in [2.75, 3.05) is 40.6 Å². The van der Waals surface area contributed by atoms with Crippen molar-refractivity contribution in [1.82, 2.24) is 10.2 Å². The number of fused-ring (bicyclic) bond motifs is 1. The van der Waals surface area contributed by atoms with Crippen molar-refractivity contribution in [3.05, 3.63) is 47.5 Å². The fraction of sp³-hybridized carbons (Fsp3) is 0.409. The van der Waals surface area contributed by atoms with E-state index in [4.69, 9.17) is 18.9 Å². The van der Waals surface area contributed by atoms with Crippen LogP contribution in [-0.4, -0.2) is 51.5 Å². The van der Waals surface area contributed by atoms with E-state index in [2.05, 4.69) is 16.3 Å². The maximum absolute atomic E-state index is 12.8. The minimum Gasteiger partial charge on any atom is -0.497 e. The molecule has 0 aliphatic carbocycles. The van der Waals surface area contributed by atoms with Crippen LogP contribution in [0.3, 0.4) is 0 Å². The van der Waals surface area contributed by atoms with E-state index in [9.17, 15) is 4.79 Å². The number of rotatable bonds is 7. The molecule has 4 rings (SSSR count). The molecule has 1 saturated heterocycles. The van der Waals surface area contributed by atoms with Crippen LogP contribution in [-0.2, 0) is 0 Å². The van der Waals surface area contributed by atoms with Crippen LogP contribution >= 0.6 is 0 Å². The van der Waals surface area contributed by atoms with Crippen LogP contribution in [0.4, 0.5) is 0 Å². The minimum atomic E-state index is -0.160. The number of amides is 1. The molecule has 1 atom stereocenters. The van der Waals surface area contributed by atoms with E-state index in [1.807, 2.05) is 12.1 Å². The Morgan fingerprint density at radius 1 is 1.03 bits per heavy atom. The average molecular weight is 398 g/mol. The Labute approximate surface area is 170 Å². The Morgan fingerprint density at radius 3 is 2.41 bits per heavy atom. The number of likely N-dealkylation sites (tertiary alicyclic amines) is 1. The summed E-state index contributed by atoms with van der Waals surface area (Å²) < 4.78 is 21.5. The van der Waals surface area contributed by atoms with Crippen molar-refractivity contribution in [3.8, 4) is 23.0 Å². The molecule has 0 bridgehead atoms. The zero-order valence-corrected chi connectivity index (χ0v) is 16.8. The number of benzene rings is 2. The molecular weight excluding hydrogens is 372 g/mol. The highest BCUT2D eigenvalue weighted by Gasteiger charge is 2.26. The topological polar surface area (TPSA) is 69.3 Å². The first kappa shape index (κ1) is 19.4. The SMILES string of the molecule is COc1cc(OC)cc(C(=O)NC[C@@H](c2ccc3c(c2)OCO3)N2CCCC2)c1.